The lowest BCUT2D eigenvalue weighted by molar-refractivity contribution is -0.385. The Morgan fingerprint density at radius 2 is 1.65 bits per heavy atom. The second kappa shape index (κ2) is 4.88. The minimum atomic E-state index is -0.665. The number of nitriles is 1. The Morgan fingerprint density at radius 3 is 2.22 bits per heavy atom. The summed E-state index contributed by atoms with van der Waals surface area (Å²) >= 11 is 0. The summed E-state index contributed by atoms with van der Waals surface area (Å²) in [5.74, 6) is 0. The molecular weight excluding hydrogens is 304 g/mol. The van der Waals surface area contributed by atoms with E-state index in [4.69, 9.17) is 0 Å². The molecule has 0 bridgehead atoms. The summed E-state index contributed by atoms with van der Waals surface area (Å²) in [5, 5.41) is 43.5. The molecule has 2 aromatic carbocycles. The Balaban J connectivity index is 2.37. The molecule has 0 spiro atoms. The average Bonchev–Trinajstić information content (AvgIpc) is 2.86. The van der Waals surface area contributed by atoms with Gasteiger partial charge in [-0.25, -0.2) is 0 Å². The molecule has 0 saturated heterocycles. The minimum Gasteiger partial charge on any atom is -0.410 e. The molecule has 0 radical (unpaired) electrons. The lowest BCUT2D eigenvalue weighted by Gasteiger charge is -2.03. The first-order valence-corrected chi connectivity index (χ1v) is 6.22. The van der Waals surface area contributed by atoms with Crippen molar-refractivity contribution in [3.05, 3.63) is 67.3 Å². The number of nitro groups is 2. The average molecular weight is 310 g/mol. The van der Waals surface area contributed by atoms with Gasteiger partial charge in [-0.3, -0.25) is 20.2 Å². The molecule has 0 atom stereocenters. The summed E-state index contributed by atoms with van der Waals surface area (Å²) in [6.07, 6.45) is 0. The summed E-state index contributed by atoms with van der Waals surface area (Å²) in [4.78, 5) is 20.6. The largest absolute Gasteiger partial charge is 0.410 e. The normalized spacial score (nSPS) is 13.3. The van der Waals surface area contributed by atoms with Gasteiger partial charge in [0.25, 0.3) is 11.4 Å². The van der Waals surface area contributed by atoms with Crippen molar-refractivity contribution < 1.29 is 15.1 Å². The molecule has 1 N–H and O–H groups in total. The van der Waals surface area contributed by atoms with E-state index < -0.39 is 9.85 Å². The van der Waals surface area contributed by atoms with Crippen LogP contribution in [0, 0.1) is 31.6 Å². The monoisotopic (exact) mass is 310 g/mol. The van der Waals surface area contributed by atoms with E-state index in [-0.39, 0.29) is 33.8 Å². The highest BCUT2D eigenvalue weighted by Gasteiger charge is 2.32. The Kier molecular flexibility index (Phi) is 3.01. The molecule has 1 aliphatic carbocycles. The third-order valence-corrected chi connectivity index (χ3v) is 3.55. The number of fused-ring (bicyclic) bond motifs is 3. The third kappa shape index (κ3) is 1.97. The number of hydrogen-bond donors (Lipinski definition) is 1. The maximum atomic E-state index is 11.0. The zero-order valence-corrected chi connectivity index (χ0v) is 11.3. The summed E-state index contributed by atoms with van der Waals surface area (Å²) < 4.78 is 0. The lowest BCUT2D eigenvalue weighted by atomic mass is 9.99. The Labute approximate surface area is 128 Å². The molecule has 1 aliphatic rings. The van der Waals surface area contributed by atoms with Crippen molar-refractivity contribution in [1.29, 1.82) is 5.26 Å². The molecule has 0 aromatic heterocycles. The fourth-order valence-corrected chi connectivity index (χ4v) is 2.61. The fourth-order valence-electron chi connectivity index (χ4n) is 2.61. The van der Waals surface area contributed by atoms with Crippen LogP contribution in [0.3, 0.4) is 0 Å². The van der Waals surface area contributed by atoms with Crippen molar-refractivity contribution in [1.82, 2.24) is 0 Å². The van der Waals surface area contributed by atoms with Crippen LogP contribution < -0.4 is 0 Å². The first kappa shape index (κ1) is 14.2. The summed E-state index contributed by atoms with van der Waals surface area (Å²) in [7, 11) is 0. The van der Waals surface area contributed by atoms with Crippen LogP contribution in [0.1, 0.15) is 16.7 Å². The molecule has 0 amide bonds. The Hall–Kier alpha value is -3.80. The molecule has 112 valence electrons. The van der Waals surface area contributed by atoms with E-state index in [0.29, 0.717) is 11.1 Å². The Bertz CT molecular complexity index is 958. The van der Waals surface area contributed by atoms with E-state index >= 15 is 0 Å². The van der Waals surface area contributed by atoms with E-state index in [1.807, 2.05) is 6.07 Å². The van der Waals surface area contributed by atoms with Crippen molar-refractivity contribution in [3.63, 3.8) is 0 Å². The molecular formula is C14H6N4O5. The van der Waals surface area contributed by atoms with Gasteiger partial charge in [0.15, 0.2) is 0 Å². The van der Waals surface area contributed by atoms with Crippen LogP contribution in [-0.4, -0.2) is 20.8 Å². The van der Waals surface area contributed by atoms with Crippen LogP contribution in [0.25, 0.3) is 11.1 Å². The molecule has 0 unspecified atom stereocenters. The lowest BCUT2D eigenvalue weighted by Crippen LogP contribution is -2.00. The van der Waals surface area contributed by atoms with Crippen LogP contribution >= 0.6 is 0 Å². The number of non-ortho nitro benzene ring substituents is 2. The van der Waals surface area contributed by atoms with E-state index in [0.717, 1.165) is 6.07 Å². The zero-order chi connectivity index (χ0) is 16.7. The highest BCUT2D eigenvalue weighted by Crippen LogP contribution is 2.42. The smallest absolute Gasteiger partial charge is 0.271 e. The van der Waals surface area contributed by atoms with Crippen molar-refractivity contribution in [2.45, 2.75) is 0 Å². The van der Waals surface area contributed by atoms with Gasteiger partial charge >= 0.3 is 0 Å². The predicted octanol–water partition coefficient (Wildman–Crippen LogP) is 2.58. The number of nitrogens with zero attached hydrogens (tertiary/aromatic N) is 4. The van der Waals surface area contributed by atoms with E-state index in [1.165, 1.54) is 24.3 Å². The van der Waals surface area contributed by atoms with Crippen LogP contribution in [0.4, 0.5) is 11.4 Å². The molecule has 0 saturated carbocycles. The van der Waals surface area contributed by atoms with Crippen molar-refractivity contribution in [3.8, 4) is 17.2 Å². The number of nitro benzene ring substituents is 2. The van der Waals surface area contributed by atoms with Gasteiger partial charge in [0.05, 0.1) is 15.4 Å². The van der Waals surface area contributed by atoms with Gasteiger partial charge < -0.3 is 5.21 Å². The molecule has 0 aliphatic heterocycles. The first-order valence-electron chi connectivity index (χ1n) is 6.22. The minimum absolute atomic E-state index is 0.0305. The standard InChI is InChI=1S/C14H6N4O5/c15-6-7-3-9(18(22)23)5-12-13(7)10-2-1-8(17(20)21)4-11(10)14(12)16-19/h1-5,19H. The highest BCUT2D eigenvalue weighted by molar-refractivity contribution is 6.25. The molecule has 9 heteroatoms. The van der Waals surface area contributed by atoms with Gasteiger partial charge in [-0.05, 0) is 11.6 Å². The molecule has 0 heterocycles. The summed E-state index contributed by atoms with van der Waals surface area (Å²) in [6.45, 7) is 0. The third-order valence-electron chi connectivity index (χ3n) is 3.55. The van der Waals surface area contributed by atoms with E-state index in [1.54, 1.807) is 0 Å². The summed E-state index contributed by atoms with van der Waals surface area (Å²) in [5.41, 5.74) is 0.680. The topological polar surface area (TPSA) is 143 Å². The van der Waals surface area contributed by atoms with Gasteiger partial charge in [-0.1, -0.05) is 5.16 Å². The van der Waals surface area contributed by atoms with Crippen LogP contribution in [0.5, 0.6) is 0 Å². The molecule has 23 heavy (non-hydrogen) atoms. The van der Waals surface area contributed by atoms with Gasteiger partial charge in [0.2, 0.25) is 0 Å². The van der Waals surface area contributed by atoms with Crippen LogP contribution in [0.15, 0.2) is 35.5 Å². The van der Waals surface area contributed by atoms with Crippen LogP contribution in [-0.2, 0) is 0 Å². The molecule has 2 aromatic rings. The quantitative estimate of drug-likeness (QED) is 0.437. The van der Waals surface area contributed by atoms with Gasteiger partial charge in [0, 0.05) is 41.0 Å². The summed E-state index contributed by atoms with van der Waals surface area (Å²) in [6, 6.07) is 8.05. The molecule has 3 rings (SSSR count). The number of hydrogen-bond acceptors (Lipinski definition) is 7. The van der Waals surface area contributed by atoms with Crippen LogP contribution in [0.2, 0.25) is 0 Å². The molecule has 9 nitrogen and oxygen atoms in total. The van der Waals surface area contributed by atoms with Gasteiger partial charge in [0.1, 0.15) is 11.8 Å². The second-order valence-corrected chi connectivity index (χ2v) is 4.72. The highest BCUT2D eigenvalue weighted by atomic mass is 16.6. The number of benzene rings is 2. The van der Waals surface area contributed by atoms with E-state index in [9.17, 15) is 30.7 Å². The predicted molar refractivity (Wildman–Crippen MR) is 77.3 cm³/mol. The Morgan fingerprint density at radius 1 is 1.00 bits per heavy atom. The molecule has 0 fully saturated rings. The number of rotatable bonds is 2. The van der Waals surface area contributed by atoms with Crippen molar-refractivity contribution in [2.75, 3.05) is 0 Å². The number of oxime groups is 1. The van der Waals surface area contributed by atoms with Gasteiger partial charge in [-0.2, -0.15) is 5.26 Å². The maximum absolute atomic E-state index is 11.0. The van der Waals surface area contributed by atoms with E-state index in [2.05, 4.69) is 5.16 Å². The maximum Gasteiger partial charge on any atom is 0.271 e. The van der Waals surface area contributed by atoms with Crippen molar-refractivity contribution in [2.24, 2.45) is 5.16 Å². The fraction of sp³-hybridized carbons (Fsp3) is 0. The second-order valence-electron chi connectivity index (χ2n) is 4.72. The zero-order valence-electron chi connectivity index (χ0n) is 11.3. The van der Waals surface area contributed by atoms with Gasteiger partial charge in [-0.15, -0.1) is 0 Å². The van der Waals surface area contributed by atoms with Crippen molar-refractivity contribution >= 4 is 17.1 Å². The first-order chi connectivity index (χ1) is 11.0. The SMILES string of the molecule is N#Cc1cc([N+](=O)[O-])cc2c1-c1ccc([N+](=O)[O-])cc1C2=NO.